The lowest BCUT2D eigenvalue weighted by atomic mass is 9.89. The molecule has 0 aromatic heterocycles. The van der Waals surface area contributed by atoms with E-state index in [0.29, 0.717) is 13.0 Å². The maximum atomic E-state index is 11.8. The summed E-state index contributed by atoms with van der Waals surface area (Å²) in [5.74, 6) is -0.111. The molecule has 0 aromatic carbocycles. The van der Waals surface area contributed by atoms with E-state index in [2.05, 4.69) is 32.9 Å². The number of allylic oxidation sites excluding steroid dienone is 2. The van der Waals surface area contributed by atoms with Crippen LogP contribution in [-0.2, 0) is 14.3 Å². The summed E-state index contributed by atoms with van der Waals surface area (Å²) in [4.78, 5) is 11.8. The summed E-state index contributed by atoms with van der Waals surface area (Å²) in [5.41, 5.74) is -0.0156. The normalized spacial score (nSPS) is 18.8. The van der Waals surface area contributed by atoms with Gasteiger partial charge in [0.05, 0.1) is 12.0 Å². The average Bonchev–Trinajstić information content (AvgIpc) is 2.62. The third-order valence-electron chi connectivity index (χ3n) is 5.13. The van der Waals surface area contributed by atoms with Crippen LogP contribution in [0.2, 0.25) is 0 Å². The fraction of sp³-hybridized carbons (Fsp3) is 0.870. The van der Waals surface area contributed by atoms with E-state index in [1.54, 1.807) is 0 Å². The number of carbonyl (C=O) groups is 1. The first-order valence-electron chi connectivity index (χ1n) is 11.0. The summed E-state index contributed by atoms with van der Waals surface area (Å²) < 4.78 is 10.6. The second kappa shape index (κ2) is 14.3. The Morgan fingerprint density at radius 2 is 1.46 bits per heavy atom. The van der Waals surface area contributed by atoms with Crippen LogP contribution in [0.4, 0.5) is 0 Å². The van der Waals surface area contributed by atoms with Gasteiger partial charge in [0, 0.05) is 6.42 Å². The molecule has 0 amide bonds. The first-order valence-corrected chi connectivity index (χ1v) is 11.0. The zero-order chi connectivity index (χ0) is 19.1. The number of esters is 1. The van der Waals surface area contributed by atoms with Gasteiger partial charge in [0.2, 0.25) is 6.29 Å². The van der Waals surface area contributed by atoms with Crippen molar-refractivity contribution >= 4 is 5.97 Å². The van der Waals surface area contributed by atoms with Gasteiger partial charge in [-0.3, -0.25) is 4.79 Å². The minimum Gasteiger partial charge on any atom is -0.435 e. The predicted molar refractivity (Wildman–Crippen MR) is 109 cm³/mol. The van der Waals surface area contributed by atoms with Crippen molar-refractivity contribution in [3.05, 3.63) is 12.2 Å². The Hall–Kier alpha value is -0.830. The van der Waals surface area contributed by atoms with Crippen LogP contribution in [0.15, 0.2) is 12.2 Å². The van der Waals surface area contributed by atoms with Crippen LogP contribution in [0.5, 0.6) is 0 Å². The van der Waals surface area contributed by atoms with E-state index in [-0.39, 0.29) is 17.7 Å². The zero-order valence-corrected chi connectivity index (χ0v) is 17.6. The summed E-state index contributed by atoms with van der Waals surface area (Å²) in [6.07, 6.45) is 21.4. The first-order chi connectivity index (χ1) is 12.6. The molecule has 3 heteroatoms. The van der Waals surface area contributed by atoms with Crippen LogP contribution in [0, 0.1) is 5.41 Å². The van der Waals surface area contributed by atoms with Gasteiger partial charge in [0.25, 0.3) is 0 Å². The lowest BCUT2D eigenvalue weighted by molar-refractivity contribution is -0.284. The van der Waals surface area contributed by atoms with E-state index >= 15 is 0 Å². The monoisotopic (exact) mass is 366 g/mol. The summed E-state index contributed by atoms with van der Waals surface area (Å²) in [6.45, 7) is 7.08. The van der Waals surface area contributed by atoms with Crippen LogP contribution in [-0.4, -0.2) is 18.9 Å². The van der Waals surface area contributed by atoms with Crippen LogP contribution in [0.1, 0.15) is 111 Å². The lowest BCUT2D eigenvalue weighted by Crippen LogP contribution is -2.50. The van der Waals surface area contributed by atoms with Crippen molar-refractivity contribution in [2.45, 2.75) is 117 Å². The third-order valence-corrected chi connectivity index (χ3v) is 5.13. The van der Waals surface area contributed by atoms with Gasteiger partial charge in [0.15, 0.2) is 0 Å². The number of carbonyl (C=O) groups excluding carboxylic acids is 1. The SMILES string of the molecule is CCCCCCCC/C=C\CCCCCCCC(=O)OC1OCC1(C)C. The molecule has 0 aromatic rings. The molecule has 152 valence electrons. The van der Waals surface area contributed by atoms with Crippen molar-refractivity contribution in [2.75, 3.05) is 6.61 Å². The van der Waals surface area contributed by atoms with Crippen molar-refractivity contribution in [3.8, 4) is 0 Å². The van der Waals surface area contributed by atoms with E-state index in [1.165, 1.54) is 70.6 Å². The summed E-state index contributed by atoms with van der Waals surface area (Å²) in [6, 6.07) is 0. The lowest BCUT2D eigenvalue weighted by Gasteiger charge is -2.42. The van der Waals surface area contributed by atoms with Gasteiger partial charge in [-0.05, 0) is 32.1 Å². The van der Waals surface area contributed by atoms with Crippen LogP contribution >= 0.6 is 0 Å². The van der Waals surface area contributed by atoms with E-state index in [9.17, 15) is 4.79 Å². The maximum absolute atomic E-state index is 11.8. The molecular formula is C23H42O3. The molecule has 1 aliphatic rings. The standard InChI is InChI=1S/C23H42O3/c1-4-5-6-7-8-9-10-11-12-13-14-15-16-17-18-19-21(24)26-22-23(2,3)20-25-22/h11-12,22H,4-10,13-20H2,1-3H3/b12-11-. The average molecular weight is 367 g/mol. The highest BCUT2D eigenvalue weighted by atomic mass is 16.7. The highest BCUT2D eigenvalue weighted by Crippen LogP contribution is 2.34. The summed E-state index contributed by atoms with van der Waals surface area (Å²) in [7, 11) is 0. The Balaban J connectivity index is 1.80. The van der Waals surface area contributed by atoms with Crippen LogP contribution in [0.3, 0.4) is 0 Å². The van der Waals surface area contributed by atoms with Crippen LogP contribution in [0.25, 0.3) is 0 Å². The molecular weight excluding hydrogens is 324 g/mol. The fourth-order valence-corrected chi connectivity index (χ4v) is 3.20. The van der Waals surface area contributed by atoms with Crippen molar-refractivity contribution in [1.29, 1.82) is 0 Å². The van der Waals surface area contributed by atoms with Gasteiger partial charge in [-0.15, -0.1) is 0 Å². The Bertz CT molecular complexity index is 387. The molecule has 1 saturated heterocycles. The fourth-order valence-electron chi connectivity index (χ4n) is 3.20. The first kappa shape index (κ1) is 23.2. The van der Waals surface area contributed by atoms with Gasteiger partial charge in [-0.1, -0.05) is 84.3 Å². The highest BCUT2D eigenvalue weighted by molar-refractivity contribution is 5.69. The Kier molecular flexibility index (Phi) is 12.7. The highest BCUT2D eigenvalue weighted by Gasteiger charge is 2.43. The summed E-state index contributed by atoms with van der Waals surface area (Å²) in [5, 5.41) is 0. The predicted octanol–water partition coefficient (Wildman–Crippen LogP) is 6.95. The van der Waals surface area contributed by atoms with Gasteiger partial charge in [-0.25, -0.2) is 0 Å². The minimum atomic E-state index is -0.335. The topological polar surface area (TPSA) is 35.5 Å². The molecule has 0 spiro atoms. The molecule has 1 rings (SSSR count). The smallest absolute Gasteiger partial charge is 0.308 e. The second-order valence-corrected chi connectivity index (χ2v) is 8.46. The molecule has 1 heterocycles. The minimum absolute atomic E-state index is 0.0156. The van der Waals surface area contributed by atoms with E-state index in [1.807, 2.05) is 0 Å². The molecule has 0 N–H and O–H groups in total. The third kappa shape index (κ3) is 11.0. The summed E-state index contributed by atoms with van der Waals surface area (Å²) >= 11 is 0. The second-order valence-electron chi connectivity index (χ2n) is 8.46. The molecule has 0 radical (unpaired) electrons. The van der Waals surface area contributed by atoms with Crippen LogP contribution < -0.4 is 0 Å². The Morgan fingerprint density at radius 1 is 0.923 bits per heavy atom. The largest absolute Gasteiger partial charge is 0.435 e. The molecule has 0 saturated carbocycles. The number of rotatable bonds is 16. The molecule has 3 nitrogen and oxygen atoms in total. The molecule has 1 unspecified atom stereocenters. The van der Waals surface area contributed by atoms with Gasteiger partial charge in [0.1, 0.15) is 0 Å². The number of hydrogen-bond donors (Lipinski definition) is 0. The van der Waals surface area contributed by atoms with Crippen molar-refractivity contribution in [2.24, 2.45) is 5.41 Å². The van der Waals surface area contributed by atoms with E-state index < -0.39 is 0 Å². The van der Waals surface area contributed by atoms with E-state index in [0.717, 1.165) is 12.8 Å². The molecule has 1 aliphatic heterocycles. The van der Waals surface area contributed by atoms with Crippen molar-refractivity contribution < 1.29 is 14.3 Å². The molecule has 0 aliphatic carbocycles. The Morgan fingerprint density at radius 3 is 1.96 bits per heavy atom. The number of hydrogen-bond acceptors (Lipinski definition) is 3. The van der Waals surface area contributed by atoms with Crippen molar-refractivity contribution in [3.63, 3.8) is 0 Å². The van der Waals surface area contributed by atoms with E-state index in [4.69, 9.17) is 9.47 Å². The quantitative estimate of drug-likeness (QED) is 0.168. The van der Waals surface area contributed by atoms with Crippen molar-refractivity contribution in [1.82, 2.24) is 0 Å². The molecule has 0 bridgehead atoms. The molecule has 1 fully saturated rings. The number of ether oxygens (including phenoxy) is 2. The van der Waals surface area contributed by atoms with Gasteiger partial charge < -0.3 is 9.47 Å². The molecule has 26 heavy (non-hydrogen) atoms. The van der Waals surface area contributed by atoms with Gasteiger partial charge in [-0.2, -0.15) is 0 Å². The number of unbranched alkanes of at least 4 members (excludes halogenated alkanes) is 11. The molecule has 1 atom stereocenters. The van der Waals surface area contributed by atoms with Gasteiger partial charge >= 0.3 is 5.97 Å². The Labute approximate surface area is 161 Å². The maximum Gasteiger partial charge on any atom is 0.308 e. The zero-order valence-electron chi connectivity index (χ0n) is 17.6.